The van der Waals surface area contributed by atoms with Crippen LogP contribution < -0.4 is 9.97 Å². The first-order valence-electron chi connectivity index (χ1n) is 12.3. The van der Waals surface area contributed by atoms with Crippen molar-refractivity contribution in [2.45, 2.75) is 0 Å². The van der Waals surface area contributed by atoms with Crippen molar-refractivity contribution in [1.29, 1.82) is 0 Å². The Kier molecular flexibility index (Phi) is 4.98. The minimum atomic E-state index is 0. The molecule has 0 N–H and O–H groups in total. The molecule has 0 amide bonds. The average molecular weight is 575 g/mol. The van der Waals surface area contributed by atoms with E-state index in [1.54, 1.807) is 24.8 Å². The monoisotopic (exact) mass is 575 g/mol. The van der Waals surface area contributed by atoms with Crippen LogP contribution in [0.1, 0.15) is 0 Å². The molecule has 2 aliphatic heterocycles. The van der Waals surface area contributed by atoms with E-state index in [0.29, 0.717) is 68.3 Å². The third-order valence-electron chi connectivity index (χ3n) is 6.74. The number of fused-ring (bicyclic) bond motifs is 20. The fraction of sp³-hybridized carbons (Fsp3) is 0. The van der Waals surface area contributed by atoms with Gasteiger partial charge in [0.05, 0.1) is 22.7 Å². The molecule has 2 aliphatic rings. The van der Waals surface area contributed by atoms with Gasteiger partial charge in [0.25, 0.3) is 0 Å². The molecule has 0 saturated heterocycles. The Balaban J connectivity index is 0.00000256. The molecule has 0 atom stereocenters. The normalized spacial score (nSPS) is 11.7. The summed E-state index contributed by atoms with van der Waals surface area (Å²) in [5.74, 6) is 1.61. The van der Waals surface area contributed by atoms with Crippen LogP contribution in [0.3, 0.4) is 0 Å². The van der Waals surface area contributed by atoms with Crippen molar-refractivity contribution in [1.82, 2.24) is 59.8 Å². The first-order valence-corrected chi connectivity index (χ1v) is 12.3. The van der Waals surface area contributed by atoms with Crippen LogP contribution in [-0.4, -0.2) is 49.8 Å². The van der Waals surface area contributed by atoms with Gasteiger partial charge in [-0.1, -0.05) is 12.1 Å². The summed E-state index contributed by atoms with van der Waals surface area (Å²) in [4.78, 5) is 56.4. The van der Waals surface area contributed by atoms with Gasteiger partial charge in [0.2, 0.25) is 0 Å². The zero-order valence-corrected chi connectivity index (χ0v) is 21.7. The van der Waals surface area contributed by atoms with Gasteiger partial charge in [-0.3, -0.25) is 19.9 Å². The van der Waals surface area contributed by atoms with Crippen LogP contribution >= 0.6 is 0 Å². The topological polar surface area (TPSA) is 157 Å². The van der Waals surface area contributed by atoms with Crippen LogP contribution in [0.25, 0.3) is 90.2 Å². The Hall–Kier alpha value is -5.53. The predicted octanol–water partition coefficient (Wildman–Crippen LogP) is 3.70. The van der Waals surface area contributed by atoms with Crippen LogP contribution in [0.2, 0.25) is 0 Å². The maximum Gasteiger partial charge on any atom is 2.00 e. The number of hydrogen-bond acceptors (Lipinski definition) is 10. The summed E-state index contributed by atoms with van der Waals surface area (Å²) >= 11 is 0. The zero-order chi connectivity index (χ0) is 26.2. The Morgan fingerprint density at radius 2 is 0.829 bits per heavy atom. The van der Waals surface area contributed by atoms with Gasteiger partial charge in [0.1, 0.15) is 23.0 Å². The van der Waals surface area contributed by atoms with E-state index in [2.05, 4.69) is 19.9 Å². The Labute approximate surface area is 239 Å². The molecule has 193 valence electrons. The van der Waals surface area contributed by atoms with Gasteiger partial charge in [-0.25, -0.2) is 9.97 Å². The summed E-state index contributed by atoms with van der Waals surface area (Å²) < 4.78 is 0. The van der Waals surface area contributed by atoms with Crippen LogP contribution in [0.4, 0.5) is 0 Å². The third kappa shape index (κ3) is 3.46. The minimum Gasteiger partial charge on any atom is -0.356 e. The summed E-state index contributed by atoms with van der Waals surface area (Å²) in [6.45, 7) is 0. The molecule has 7 aromatic heterocycles. The van der Waals surface area contributed by atoms with Crippen LogP contribution in [0.15, 0.2) is 73.3 Å². The van der Waals surface area contributed by atoms with E-state index in [1.165, 1.54) is 0 Å². The summed E-state index contributed by atoms with van der Waals surface area (Å²) in [6.07, 6.45) is 6.78. The largest absolute Gasteiger partial charge is 2.00 e. The Bertz CT molecular complexity index is 2040. The number of nitrogens with zero attached hydrogens (tertiary/aromatic N) is 12. The SMILES string of the molecule is [Co+2].c1cnc2c(c1)-c1nc-2nc2[n-]c(nc3nc(nc4[n-]c(n1)c1ncccc41)-c1cccnc1-3)c1ncccc21. The molecule has 0 saturated carbocycles. The molecule has 1 radical (unpaired) electrons. The number of rotatable bonds is 0. The molecular formula is C28H12CoN12. The average Bonchev–Trinajstić information content (AvgIpc) is 3.73. The van der Waals surface area contributed by atoms with Gasteiger partial charge in [0.15, 0.2) is 0 Å². The van der Waals surface area contributed by atoms with Crippen molar-refractivity contribution in [3.05, 3.63) is 73.3 Å². The summed E-state index contributed by atoms with van der Waals surface area (Å²) in [5.41, 5.74) is 5.44. The van der Waals surface area contributed by atoms with Crippen molar-refractivity contribution >= 4 is 44.4 Å². The van der Waals surface area contributed by atoms with E-state index >= 15 is 0 Å². The molecule has 9 rings (SSSR count). The van der Waals surface area contributed by atoms with Gasteiger partial charge < -0.3 is 29.9 Å². The summed E-state index contributed by atoms with van der Waals surface area (Å²) in [6, 6.07) is 14.9. The van der Waals surface area contributed by atoms with E-state index in [4.69, 9.17) is 39.9 Å². The van der Waals surface area contributed by atoms with Gasteiger partial charge in [-0.15, -0.1) is 0 Å². The molecule has 12 nitrogen and oxygen atoms in total. The van der Waals surface area contributed by atoms with Crippen molar-refractivity contribution in [2.24, 2.45) is 0 Å². The molecule has 0 unspecified atom stereocenters. The number of pyridine rings is 4. The number of aromatic nitrogens is 12. The number of hydrogen-bond donors (Lipinski definition) is 0. The molecule has 9 heterocycles. The maximum atomic E-state index is 4.84. The molecule has 7 aromatic rings. The molecule has 0 aromatic carbocycles. The standard InChI is InChI=1S/C28H12N12.Co/c1-5-13-17(29-9-1)25-34-21(13)33-22-14-6-2-11-31-19(14)27(35-22)40-28-20-16(8-4-12-32-20)24(39-28)38-26-18-15(7-3-10-30-18)23(36-25)37-26;/h1-12H;/q-2;+2. The van der Waals surface area contributed by atoms with E-state index in [9.17, 15) is 0 Å². The second-order valence-electron chi connectivity index (χ2n) is 9.08. The van der Waals surface area contributed by atoms with Crippen LogP contribution in [0, 0.1) is 0 Å². The molecule has 41 heavy (non-hydrogen) atoms. The first-order chi connectivity index (χ1) is 19.8. The molecule has 0 fully saturated rings. The fourth-order valence-corrected chi connectivity index (χ4v) is 4.96. The van der Waals surface area contributed by atoms with E-state index in [-0.39, 0.29) is 16.8 Å². The van der Waals surface area contributed by atoms with Gasteiger partial charge in [-0.05, 0) is 36.4 Å². The van der Waals surface area contributed by atoms with Crippen molar-refractivity contribution in [3.63, 3.8) is 0 Å². The first kappa shape index (κ1) is 23.4. The third-order valence-corrected chi connectivity index (χ3v) is 6.74. The molecule has 0 spiro atoms. The van der Waals surface area contributed by atoms with E-state index < -0.39 is 0 Å². The van der Waals surface area contributed by atoms with Crippen LogP contribution in [0.5, 0.6) is 0 Å². The summed E-state index contributed by atoms with van der Waals surface area (Å²) in [7, 11) is 0. The molecule has 8 bridgehead atoms. The van der Waals surface area contributed by atoms with Gasteiger partial charge >= 0.3 is 16.8 Å². The Morgan fingerprint density at radius 3 is 1.37 bits per heavy atom. The van der Waals surface area contributed by atoms with Crippen molar-refractivity contribution in [3.8, 4) is 45.8 Å². The second kappa shape index (κ2) is 8.74. The Morgan fingerprint density at radius 1 is 0.415 bits per heavy atom. The van der Waals surface area contributed by atoms with Gasteiger partial charge in [0, 0.05) is 69.3 Å². The quantitative estimate of drug-likeness (QED) is 0.259. The maximum absolute atomic E-state index is 4.84. The van der Waals surface area contributed by atoms with Crippen molar-refractivity contribution < 1.29 is 16.8 Å². The van der Waals surface area contributed by atoms with E-state index in [1.807, 2.05) is 48.5 Å². The van der Waals surface area contributed by atoms with Crippen LogP contribution in [-0.2, 0) is 16.8 Å². The fourth-order valence-electron chi connectivity index (χ4n) is 4.96. The molecule has 0 aliphatic carbocycles. The molecule has 13 heteroatoms. The zero-order valence-electron chi connectivity index (χ0n) is 20.6. The predicted molar refractivity (Wildman–Crippen MR) is 145 cm³/mol. The molecular weight excluding hydrogens is 563 g/mol. The second-order valence-corrected chi connectivity index (χ2v) is 9.08. The smallest absolute Gasteiger partial charge is 0.356 e. The van der Waals surface area contributed by atoms with E-state index in [0.717, 1.165) is 21.9 Å². The van der Waals surface area contributed by atoms with Crippen molar-refractivity contribution in [2.75, 3.05) is 0 Å². The summed E-state index contributed by atoms with van der Waals surface area (Å²) in [5, 5.41) is 1.46. The van der Waals surface area contributed by atoms with Gasteiger partial charge in [-0.2, -0.15) is 0 Å². The minimum absolute atomic E-state index is 0.